The molecule has 0 saturated carbocycles. The van der Waals surface area contributed by atoms with Crippen molar-refractivity contribution >= 4 is 23.5 Å². The number of hydrogen-bond acceptors (Lipinski definition) is 5. The van der Waals surface area contributed by atoms with Gasteiger partial charge in [0.05, 0.1) is 25.8 Å². The maximum atomic E-state index is 12.3. The van der Waals surface area contributed by atoms with Crippen molar-refractivity contribution in [2.75, 3.05) is 25.7 Å². The third kappa shape index (κ3) is 3.76. The van der Waals surface area contributed by atoms with Crippen molar-refractivity contribution in [3.05, 3.63) is 18.2 Å². The molecule has 1 aliphatic rings. The number of nitrogens with one attached hydrogen (secondary N) is 1. The van der Waals surface area contributed by atoms with Gasteiger partial charge in [0.25, 0.3) is 0 Å². The lowest BCUT2D eigenvalue weighted by atomic mass is 10.1. The number of carbonyl (C=O) groups excluding carboxylic acids is 2. The standard InChI is InChI=1S/C16H20N2O6/c1-9(16(21)22)17-15(20)10-4-14(19)18(8-10)11-5-12(23-2)7-13(6-11)24-3/h5-7,9-10H,4,8H2,1-3H3,(H,17,20)(H,21,22)/t9-,10?/m0/s1. The number of hydrogen-bond donors (Lipinski definition) is 2. The number of carboxylic acids is 1. The lowest BCUT2D eigenvalue weighted by molar-refractivity contribution is -0.141. The Morgan fingerprint density at radius 2 is 1.83 bits per heavy atom. The molecule has 1 aliphatic heterocycles. The average molecular weight is 336 g/mol. The fourth-order valence-electron chi connectivity index (χ4n) is 2.47. The first-order valence-corrected chi connectivity index (χ1v) is 7.42. The number of aliphatic carboxylic acids is 1. The summed E-state index contributed by atoms with van der Waals surface area (Å²) in [5, 5.41) is 11.2. The lowest BCUT2D eigenvalue weighted by Crippen LogP contribution is -2.42. The van der Waals surface area contributed by atoms with E-state index in [1.165, 1.54) is 26.0 Å². The number of nitrogens with zero attached hydrogens (tertiary/aromatic N) is 1. The Kier molecular flexibility index (Phi) is 5.28. The molecule has 24 heavy (non-hydrogen) atoms. The first-order chi connectivity index (χ1) is 11.3. The molecule has 0 bridgehead atoms. The van der Waals surface area contributed by atoms with E-state index in [0.717, 1.165) is 0 Å². The summed E-state index contributed by atoms with van der Waals surface area (Å²) in [7, 11) is 3.02. The summed E-state index contributed by atoms with van der Waals surface area (Å²) >= 11 is 0. The second kappa shape index (κ2) is 7.20. The van der Waals surface area contributed by atoms with Crippen LogP contribution in [0, 0.1) is 5.92 Å². The first kappa shape index (κ1) is 17.6. The summed E-state index contributed by atoms with van der Waals surface area (Å²) in [5.74, 6) is -1.32. The van der Waals surface area contributed by atoms with Crippen molar-refractivity contribution in [2.24, 2.45) is 5.92 Å². The summed E-state index contributed by atoms with van der Waals surface area (Å²) in [6.07, 6.45) is 0.0255. The van der Waals surface area contributed by atoms with Crippen molar-refractivity contribution in [3.8, 4) is 11.5 Å². The quantitative estimate of drug-likeness (QED) is 0.790. The third-order valence-electron chi connectivity index (χ3n) is 3.87. The van der Waals surface area contributed by atoms with Gasteiger partial charge in [0.15, 0.2) is 0 Å². The Labute approximate surface area is 139 Å². The average Bonchev–Trinajstić information content (AvgIpc) is 2.96. The maximum absolute atomic E-state index is 12.3. The van der Waals surface area contributed by atoms with E-state index in [9.17, 15) is 14.4 Å². The summed E-state index contributed by atoms with van der Waals surface area (Å²) < 4.78 is 10.4. The van der Waals surface area contributed by atoms with Gasteiger partial charge in [-0.05, 0) is 6.92 Å². The highest BCUT2D eigenvalue weighted by Gasteiger charge is 2.36. The fraction of sp³-hybridized carbons (Fsp3) is 0.438. The van der Waals surface area contributed by atoms with E-state index in [2.05, 4.69) is 5.32 Å². The maximum Gasteiger partial charge on any atom is 0.325 e. The number of amides is 2. The highest BCUT2D eigenvalue weighted by Crippen LogP contribution is 2.32. The minimum Gasteiger partial charge on any atom is -0.497 e. The van der Waals surface area contributed by atoms with Gasteiger partial charge >= 0.3 is 5.97 Å². The summed E-state index contributed by atoms with van der Waals surface area (Å²) in [4.78, 5) is 36.7. The molecule has 2 N–H and O–H groups in total. The number of benzene rings is 1. The van der Waals surface area contributed by atoms with Gasteiger partial charge in [-0.2, -0.15) is 0 Å². The third-order valence-corrected chi connectivity index (χ3v) is 3.87. The Balaban J connectivity index is 2.15. The van der Waals surface area contributed by atoms with E-state index >= 15 is 0 Å². The molecule has 2 amide bonds. The van der Waals surface area contributed by atoms with E-state index in [0.29, 0.717) is 17.2 Å². The van der Waals surface area contributed by atoms with Gasteiger partial charge in [0.2, 0.25) is 11.8 Å². The second-order valence-electron chi connectivity index (χ2n) is 5.54. The molecule has 1 heterocycles. The van der Waals surface area contributed by atoms with Crippen LogP contribution in [-0.2, 0) is 14.4 Å². The SMILES string of the molecule is COc1cc(OC)cc(N2CC(C(=O)N[C@@H](C)C(=O)O)CC2=O)c1. The number of ether oxygens (including phenoxy) is 2. The number of carboxylic acid groups (broad SMARTS) is 1. The van der Waals surface area contributed by atoms with Crippen LogP contribution in [0.15, 0.2) is 18.2 Å². The molecule has 1 saturated heterocycles. The fourth-order valence-corrected chi connectivity index (χ4v) is 2.47. The van der Waals surface area contributed by atoms with Gasteiger partial charge in [-0.3, -0.25) is 14.4 Å². The van der Waals surface area contributed by atoms with Crippen molar-refractivity contribution in [3.63, 3.8) is 0 Å². The number of methoxy groups -OCH3 is 2. The molecule has 0 spiro atoms. The van der Waals surface area contributed by atoms with Crippen LogP contribution < -0.4 is 19.7 Å². The van der Waals surface area contributed by atoms with Gasteiger partial charge in [0, 0.05) is 31.2 Å². The summed E-state index contributed by atoms with van der Waals surface area (Å²) in [6, 6.07) is 4.04. The molecule has 0 aliphatic carbocycles. The highest BCUT2D eigenvalue weighted by atomic mass is 16.5. The number of anilines is 1. The second-order valence-corrected chi connectivity index (χ2v) is 5.54. The van der Waals surface area contributed by atoms with Gasteiger partial charge in [-0.15, -0.1) is 0 Å². The monoisotopic (exact) mass is 336 g/mol. The zero-order valence-corrected chi connectivity index (χ0v) is 13.7. The van der Waals surface area contributed by atoms with E-state index < -0.39 is 23.8 Å². The van der Waals surface area contributed by atoms with Crippen LogP contribution in [-0.4, -0.2) is 49.7 Å². The molecule has 1 aromatic carbocycles. The predicted molar refractivity (Wildman–Crippen MR) is 85.2 cm³/mol. The molecule has 0 aromatic heterocycles. The Morgan fingerprint density at radius 1 is 1.25 bits per heavy atom. The molecule has 2 rings (SSSR count). The van der Waals surface area contributed by atoms with Crippen molar-refractivity contribution < 1.29 is 29.0 Å². The summed E-state index contributed by atoms with van der Waals surface area (Å²) in [5.41, 5.74) is 0.567. The molecule has 8 nitrogen and oxygen atoms in total. The zero-order valence-electron chi connectivity index (χ0n) is 13.7. The van der Waals surface area contributed by atoms with Crippen LogP contribution in [0.25, 0.3) is 0 Å². The highest BCUT2D eigenvalue weighted by molar-refractivity contribution is 6.01. The van der Waals surface area contributed by atoms with Crippen molar-refractivity contribution in [1.82, 2.24) is 5.32 Å². The minimum absolute atomic E-state index is 0.0255. The molecule has 130 valence electrons. The van der Waals surface area contributed by atoms with Crippen molar-refractivity contribution in [2.45, 2.75) is 19.4 Å². The van der Waals surface area contributed by atoms with E-state index in [1.807, 2.05) is 0 Å². The minimum atomic E-state index is -1.12. The van der Waals surface area contributed by atoms with Crippen molar-refractivity contribution in [1.29, 1.82) is 0 Å². The van der Waals surface area contributed by atoms with E-state index in [4.69, 9.17) is 14.6 Å². The van der Waals surface area contributed by atoms with Crippen LogP contribution in [0.5, 0.6) is 11.5 Å². The van der Waals surface area contributed by atoms with Gasteiger partial charge in [-0.1, -0.05) is 0 Å². The van der Waals surface area contributed by atoms with Crippen LogP contribution in [0.4, 0.5) is 5.69 Å². The Bertz CT molecular complexity index is 638. The lowest BCUT2D eigenvalue weighted by Gasteiger charge is -2.19. The number of carbonyl (C=O) groups is 3. The van der Waals surface area contributed by atoms with Crippen LogP contribution in [0.3, 0.4) is 0 Å². The number of rotatable bonds is 6. The molecular formula is C16H20N2O6. The Hall–Kier alpha value is -2.77. The van der Waals surface area contributed by atoms with E-state index in [1.54, 1.807) is 18.2 Å². The van der Waals surface area contributed by atoms with E-state index in [-0.39, 0.29) is 18.9 Å². The normalized spacial score (nSPS) is 18.2. The largest absolute Gasteiger partial charge is 0.497 e. The van der Waals surface area contributed by atoms with Gasteiger partial charge < -0.3 is 24.8 Å². The molecule has 2 atom stereocenters. The molecule has 1 unspecified atom stereocenters. The molecule has 0 radical (unpaired) electrons. The molecule has 1 aromatic rings. The summed E-state index contributed by atoms with van der Waals surface area (Å²) in [6.45, 7) is 1.55. The van der Waals surface area contributed by atoms with Crippen LogP contribution in [0.2, 0.25) is 0 Å². The van der Waals surface area contributed by atoms with Gasteiger partial charge in [0.1, 0.15) is 17.5 Å². The van der Waals surface area contributed by atoms with Gasteiger partial charge in [-0.25, -0.2) is 0 Å². The Morgan fingerprint density at radius 3 is 2.33 bits per heavy atom. The van der Waals surface area contributed by atoms with Crippen LogP contribution in [0.1, 0.15) is 13.3 Å². The molecule has 8 heteroatoms. The predicted octanol–water partition coefficient (Wildman–Crippen LogP) is 0.646. The van der Waals surface area contributed by atoms with Crippen LogP contribution >= 0.6 is 0 Å². The molecular weight excluding hydrogens is 316 g/mol. The zero-order chi connectivity index (χ0) is 17.9. The first-order valence-electron chi connectivity index (χ1n) is 7.42. The smallest absolute Gasteiger partial charge is 0.325 e. The topological polar surface area (TPSA) is 105 Å². The molecule has 1 fully saturated rings.